The fraction of sp³-hybridized carbons (Fsp3) is 0.385. The topological polar surface area (TPSA) is 72.8 Å². The Morgan fingerprint density at radius 2 is 1.79 bits per heavy atom. The number of hydrogen-bond donors (Lipinski definition) is 1. The zero-order valence-electron chi connectivity index (χ0n) is 10.9. The molecule has 6 heteroatoms. The molecule has 0 aliphatic heterocycles. The van der Waals surface area contributed by atoms with Crippen molar-refractivity contribution in [2.45, 2.75) is 18.2 Å². The van der Waals surface area contributed by atoms with Gasteiger partial charge in [-0.3, -0.25) is 9.59 Å². The zero-order valence-corrected chi connectivity index (χ0v) is 12.5. The van der Waals surface area contributed by atoms with E-state index in [1.54, 1.807) is 19.1 Å². The number of carbonyl (C=O) groups excluding carboxylic acids is 1. The van der Waals surface area contributed by atoms with Crippen LogP contribution in [-0.4, -0.2) is 35.9 Å². The lowest BCUT2D eigenvalue weighted by molar-refractivity contribution is -0.136. The summed E-state index contributed by atoms with van der Waals surface area (Å²) in [4.78, 5) is 22.0. The van der Waals surface area contributed by atoms with Crippen LogP contribution in [0.25, 0.3) is 0 Å². The van der Waals surface area contributed by atoms with Crippen molar-refractivity contribution in [3.8, 4) is 11.5 Å². The minimum atomic E-state index is -1.03. The maximum atomic E-state index is 12.2. The molecular formula is C13H15BrO5. The summed E-state index contributed by atoms with van der Waals surface area (Å²) in [6.45, 7) is 1.76. The van der Waals surface area contributed by atoms with Gasteiger partial charge in [0.1, 0.15) is 0 Å². The molecule has 0 fully saturated rings. The first-order valence-electron chi connectivity index (χ1n) is 5.53. The SMILES string of the molecule is COc1cc(C)c(C(=O)C(Br)CC(=O)O)cc1OC. The third-order valence-electron chi connectivity index (χ3n) is 2.63. The average molecular weight is 331 g/mol. The number of alkyl halides is 1. The molecule has 0 amide bonds. The maximum absolute atomic E-state index is 12.2. The molecule has 0 radical (unpaired) electrons. The normalized spacial score (nSPS) is 11.8. The Hall–Kier alpha value is -1.56. The number of halogens is 1. The lowest BCUT2D eigenvalue weighted by atomic mass is 10.0. The summed E-state index contributed by atoms with van der Waals surface area (Å²) in [7, 11) is 2.99. The van der Waals surface area contributed by atoms with Crippen molar-refractivity contribution in [3.63, 3.8) is 0 Å². The molecule has 1 atom stereocenters. The first-order valence-corrected chi connectivity index (χ1v) is 6.45. The average Bonchev–Trinajstić information content (AvgIpc) is 2.36. The predicted molar refractivity (Wildman–Crippen MR) is 73.6 cm³/mol. The van der Waals surface area contributed by atoms with Gasteiger partial charge in [0.25, 0.3) is 0 Å². The minimum absolute atomic E-state index is 0.271. The summed E-state index contributed by atoms with van der Waals surface area (Å²) < 4.78 is 10.3. The molecule has 0 saturated heterocycles. The number of carboxylic acids is 1. The lowest BCUT2D eigenvalue weighted by Crippen LogP contribution is -2.19. The molecule has 5 nitrogen and oxygen atoms in total. The minimum Gasteiger partial charge on any atom is -0.493 e. The van der Waals surface area contributed by atoms with Crippen molar-refractivity contribution >= 4 is 27.7 Å². The number of ether oxygens (including phenoxy) is 2. The molecule has 19 heavy (non-hydrogen) atoms. The molecule has 1 N–H and O–H groups in total. The van der Waals surface area contributed by atoms with Gasteiger partial charge in [0, 0.05) is 5.56 Å². The molecule has 0 aromatic heterocycles. The lowest BCUT2D eigenvalue weighted by Gasteiger charge is -2.13. The second-order valence-electron chi connectivity index (χ2n) is 3.95. The van der Waals surface area contributed by atoms with E-state index in [-0.39, 0.29) is 12.2 Å². The number of rotatable bonds is 6. The molecule has 1 unspecified atom stereocenters. The van der Waals surface area contributed by atoms with Crippen LogP contribution in [0.2, 0.25) is 0 Å². The number of Topliss-reactive ketones (excluding diaryl/α,β-unsaturated/α-hetero) is 1. The molecule has 0 bridgehead atoms. The Morgan fingerprint density at radius 1 is 1.26 bits per heavy atom. The van der Waals surface area contributed by atoms with E-state index in [1.165, 1.54) is 14.2 Å². The Labute approximate surface area is 119 Å². The molecule has 104 valence electrons. The third kappa shape index (κ3) is 3.70. The van der Waals surface area contributed by atoms with Crippen molar-refractivity contribution < 1.29 is 24.2 Å². The molecule has 0 aliphatic rings. The predicted octanol–water partition coefficient (Wildman–Crippen LogP) is 2.43. The van der Waals surface area contributed by atoms with Crippen LogP contribution >= 0.6 is 15.9 Å². The molecule has 1 aromatic rings. The number of carbonyl (C=O) groups is 2. The Kier molecular flexibility index (Phi) is 5.35. The summed E-state index contributed by atoms with van der Waals surface area (Å²) in [6, 6.07) is 3.25. The second kappa shape index (κ2) is 6.56. The fourth-order valence-electron chi connectivity index (χ4n) is 1.66. The summed E-state index contributed by atoms with van der Waals surface area (Å²) in [5, 5.41) is 8.71. The number of ketones is 1. The molecule has 0 spiro atoms. The van der Waals surface area contributed by atoms with E-state index < -0.39 is 10.8 Å². The van der Waals surface area contributed by atoms with Gasteiger partial charge in [-0.25, -0.2) is 0 Å². The largest absolute Gasteiger partial charge is 0.493 e. The first-order chi connectivity index (χ1) is 8.90. The summed E-state index contributed by atoms with van der Waals surface area (Å²) in [6.07, 6.45) is -0.271. The van der Waals surface area contributed by atoms with Crippen LogP contribution in [0, 0.1) is 6.92 Å². The second-order valence-corrected chi connectivity index (χ2v) is 5.06. The van der Waals surface area contributed by atoms with E-state index in [2.05, 4.69) is 15.9 Å². The number of aryl methyl sites for hydroxylation is 1. The van der Waals surface area contributed by atoms with Gasteiger partial charge in [-0.1, -0.05) is 15.9 Å². The van der Waals surface area contributed by atoms with Gasteiger partial charge in [-0.2, -0.15) is 0 Å². The van der Waals surface area contributed by atoms with Crippen molar-refractivity contribution in [2.75, 3.05) is 14.2 Å². The van der Waals surface area contributed by atoms with Crippen LogP contribution in [0.15, 0.2) is 12.1 Å². The zero-order chi connectivity index (χ0) is 14.6. The van der Waals surface area contributed by atoms with E-state index in [1.807, 2.05) is 0 Å². The molecule has 1 rings (SSSR count). The maximum Gasteiger partial charge on any atom is 0.304 e. The van der Waals surface area contributed by atoms with Crippen molar-refractivity contribution in [1.29, 1.82) is 0 Å². The first kappa shape index (κ1) is 15.5. The molecular weight excluding hydrogens is 316 g/mol. The van der Waals surface area contributed by atoms with E-state index in [4.69, 9.17) is 14.6 Å². The standard InChI is InChI=1S/C13H15BrO5/c1-7-4-10(18-2)11(19-3)5-8(7)13(17)9(14)6-12(15)16/h4-5,9H,6H2,1-3H3,(H,15,16). The smallest absolute Gasteiger partial charge is 0.304 e. The molecule has 1 aromatic carbocycles. The highest BCUT2D eigenvalue weighted by molar-refractivity contribution is 9.10. The number of benzene rings is 1. The monoisotopic (exact) mass is 330 g/mol. The number of aliphatic carboxylic acids is 1. The molecule has 0 heterocycles. The van der Waals surface area contributed by atoms with Crippen LogP contribution in [0.1, 0.15) is 22.3 Å². The highest BCUT2D eigenvalue weighted by Gasteiger charge is 2.23. The molecule has 0 aliphatic carbocycles. The van der Waals surface area contributed by atoms with Gasteiger partial charge in [0.15, 0.2) is 17.3 Å². The highest BCUT2D eigenvalue weighted by Crippen LogP contribution is 2.31. The van der Waals surface area contributed by atoms with Gasteiger partial charge >= 0.3 is 5.97 Å². The van der Waals surface area contributed by atoms with Gasteiger partial charge in [-0.05, 0) is 24.6 Å². The third-order valence-corrected chi connectivity index (χ3v) is 3.37. The highest BCUT2D eigenvalue weighted by atomic mass is 79.9. The Balaban J connectivity index is 3.13. The van der Waals surface area contributed by atoms with Crippen molar-refractivity contribution in [1.82, 2.24) is 0 Å². The molecule has 0 saturated carbocycles. The summed E-state index contributed by atoms with van der Waals surface area (Å²) >= 11 is 3.09. The summed E-state index contributed by atoms with van der Waals surface area (Å²) in [5.41, 5.74) is 1.12. The van der Waals surface area contributed by atoms with Gasteiger partial charge < -0.3 is 14.6 Å². The van der Waals surface area contributed by atoms with Gasteiger partial charge in [-0.15, -0.1) is 0 Å². The van der Waals surface area contributed by atoms with Crippen LogP contribution in [0.3, 0.4) is 0 Å². The van der Waals surface area contributed by atoms with Gasteiger partial charge in [0.2, 0.25) is 0 Å². The van der Waals surface area contributed by atoms with E-state index in [0.29, 0.717) is 22.6 Å². The Morgan fingerprint density at radius 3 is 2.26 bits per heavy atom. The van der Waals surface area contributed by atoms with E-state index >= 15 is 0 Å². The van der Waals surface area contributed by atoms with Crippen molar-refractivity contribution in [3.05, 3.63) is 23.3 Å². The number of methoxy groups -OCH3 is 2. The van der Waals surface area contributed by atoms with Crippen LogP contribution in [0.4, 0.5) is 0 Å². The quantitative estimate of drug-likeness (QED) is 0.640. The summed E-state index contributed by atoms with van der Waals surface area (Å²) in [5.74, 6) is -0.360. The van der Waals surface area contributed by atoms with E-state index in [9.17, 15) is 9.59 Å². The van der Waals surface area contributed by atoms with E-state index in [0.717, 1.165) is 0 Å². The fourth-order valence-corrected chi connectivity index (χ4v) is 2.18. The van der Waals surface area contributed by atoms with Gasteiger partial charge in [0.05, 0.1) is 25.5 Å². The van der Waals surface area contributed by atoms with Crippen LogP contribution in [0.5, 0.6) is 11.5 Å². The van der Waals surface area contributed by atoms with Crippen LogP contribution < -0.4 is 9.47 Å². The van der Waals surface area contributed by atoms with Crippen molar-refractivity contribution in [2.24, 2.45) is 0 Å². The number of hydrogen-bond acceptors (Lipinski definition) is 4. The van der Waals surface area contributed by atoms with Crippen LogP contribution in [-0.2, 0) is 4.79 Å². The Bertz CT molecular complexity index is 498. The number of carboxylic acid groups (broad SMARTS) is 1.